The van der Waals surface area contributed by atoms with Crippen molar-refractivity contribution in [3.63, 3.8) is 0 Å². The first kappa shape index (κ1) is 26.9. The van der Waals surface area contributed by atoms with Crippen LogP contribution in [0, 0.1) is 0 Å². The highest BCUT2D eigenvalue weighted by molar-refractivity contribution is 5.94. The first-order valence-electron chi connectivity index (χ1n) is 13.8. The molecule has 6 heteroatoms. The van der Waals surface area contributed by atoms with Crippen LogP contribution in [-0.2, 0) is 29.0 Å². The number of likely N-dealkylation sites (N-methyl/N-ethyl adjacent to an activating group) is 1. The number of nitrogens with one attached hydrogen (secondary N) is 1. The summed E-state index contributed by atoms with van der Waals surface area (Å²) in [5.41, 5.74) is 5.98. The van der Waals surface area contributed by atoms with Gasteiger partial charge >= 0.3 is 0 Å². The maximum atomic E-state index is 13.4. The van der Waals surface area contributed by atoms with Crippen molar-refractivity contribution in [2.75, 3.05) is 18.0 Å². The van der Waals surface area contributed by atoms with Crippen LogP contribution in [0.15, 0.2) is 109 Å². The van der Waals surface area contributed by atoms with E-state index in [1.165, 1.54) is 0 Å². The predicted octanol–water partition coefficient (Wildman–Crippen LogP) is 6.05. The fourth-order valence-electron chi connectivity index (χ4n) is 4.99. The molecular weight excluding hydrogens is 496 g/mol. The number of anilines is 1. The molecule has 0 spiro atoms. The third-order valence-electron chi connectivity index (χ3n) is 7.04. The zero-order chi connectivity index (χ0) is 27.7. The van der Waals surface area contributed by atoms with E-state index in [0.717, 1.165) is 45.7 Å². The van der Waals surface area contributed by atoms with E-state index in [2.05, 4.69) is 29.6 Å². The Bertz CT molecular complexity index is 1560. The standard InChI is InChI=1S/C34H34N4O2/c1-2-37(29-14-7-4-8-15-29)34(40)25-38-31-17-10-9-16-30(31)36-32(38)18-11-23-35-33(39)24-26-19-21-28(22-20-26)27-12-5-3-6-13-27/h3-10,12-17,19-22H,2,11,18,23-25H2,1H3,(H,35,39). The summed E-state index contributed by atoms with van der Waals surface area (Å²) < 4.78 is 2.01. The molecule has 5 aromatic rings. The van der Waals surface area contributed by atoms with Gasteiger partial charge in [0.05, 0.1) is 17.5 Å². The molecule has 0 atom stereocenters. The summed E-state index contributed by atoms with van der Waals surface area (Å²) in [6, 6.07) is 36.0. The van der Waals surface area contributed by atoms with Crippen LogP contribution in [-0.4, -0.2) is 34.5 Å². The van der Waals surface area contributed by atoms with Crippen molar-refractivity contribution >= 4 is 28.5 Å². The molecule has 0 unspecified atom stereocenters. The quantitative estimate of drug-likeness (QED) is 0.212. The summed E-state index contributed by atoms with van der Waals surface area (Å²) in [5.74, 6) is 0.867. The number of aromatic nitrogens is 2. The summed E-state index contributed by atoms with van der Waals surface area (Å²) in [5, 5.41) is 3.04. The molecule has 1 N–H and O–H groups in total. The van der Waals surface area contributed by atoms with Crippen molar-refractivity contribution in [3.8, 4) is 11.1 Å². The van der Waals surface area contributed by atoms with Crippen LogP contribution in [0.25, 0.3) is 22.2 Å². The number of amides is 2. The highest BCUT2D eigenvalue weighted by Crippen LogP contribution is 2.21. The van der Waals surface area contributed by atoms with Gasteiger partial charge in [-0.15, -0.1) is 0 Å². The van der Waals surface area contributed by atoms with Gasteiger partial charge in [-0.2, -0.15) is 0 Å². The van der Waals surface area contributed by atoms with Gasteiger partial charge in [0.25, 0.3) is 0 Å². The van der Waals surface area contributed by atoms with Gasteiger partial charge in [0.1, 0.15) is 12.4 Å². The molecule has 0 fully saturated rings. The van der Waals surface area contributed by atoms with E-state index in [-0.39, 0.29) is 18.4 Å². The normalized spacial score (nSPS) is 10.9. The zero-order valence-corrected chi connectivity index (χ0v) is 22.8. The summed E-state index contributed by atoms with van der Waals surface area (Å²) in [7, 11) is 0. The molecule has 6 nitrogen and oxygen atoms in total. The Morgan fingerprint density at radius 2 is 1.45 bits per heavy atom. The van der Waals surface area contributed by atoms with Crippen molar-refractivity contribution < 1.29 is 9.59 Å². The Morgan fingerprint density at radius 3 is 2.17 bits per heavy atom. The molecule has 2 amide bonds. The van der Waals surface area contributed by atoms with Crippen molar-refractivity contribution in [1.82, 2.24) is 14.9 Å². The molecule has 0 saturated carbocycles. The summed E-state index contributed by atoms with van der Waals surface area (Å²) >= 11 is 0. The van der Waals surface area contributed by atoms with Gasteiger partial charge in [-0.25, -0.2) is 4.98 Å². The highest BCUT2D eigenvalue weighted by Gasteiger charge is 2.18. The maximum Gasteiger partial charge on any atom is 0.246 e. The van der Waals surface area contributed by atoms with E-state index < -0.39 is 0 Å². The number of nitrogens with zero attached hydrogens (tertiary/aromatic N) is 3. The zero-order valence-electron chi connectivity index (χ0n) is 22.8. The SMILES string of the molecule is CCN(C(=O)Cn1c(CCCNC(=O)Cc2ccc(-c3ccccc3)cc2)nc2ccccc21)c1ccccc1. The van der Waals surface area contributed by atoms with E-state index in [9.17, 15) is 9.59 Å². The van der Waals surface area contributed by atoms with E-state index in [4.69, 9.17) is 4.98 Å². The van der Waals surface area contributed by atoms with Gasteiger partial charge in [-0.3, -0.25) is 9.59 Å². The van der Waals surface area contributed by atoms with Crippen molar-refractivity contribution in [2.45, 2.75) is 32.7 Å². The molecule has 1 heterocycles. The lowest BCUT2D eigenvalue weighted by atomic mass is 10.0. The van der Waals surface area contributed by atoms with Crippen LogP contribution in [0.3, 0.4) is 0 Å². The minimum atomic E-state index is -0.00223. The molecule has 0 radical (unpaired) electrons. The Kier molecular flexibility index (Phi) is 8.66. The molecule has 0 aliphatic rings. The number of carbonyl (C=O) groups excluding carboxylic acids is 2. The van der Waals surface area contributed by atoms with Gasteiger partial charge in [-0.05, 0) is 54.3 Å². The van der Waals surface area contributed by atoms with Crippen molar-refractivity contribution in [1.29, 1.82) is 0 Å². The number of hydrogen-bond acceptors (Lipinski definition) is 3. The topological polar surface area (TPSA) is 67.2 Å². The molecule has 0 aliphatic carbocycles. The molecule has 202 valence electrons. The molecule has 1 aromatic heterocycles. The molecular formula is C34H34N4O2. The second-order valence-corrected chi connectivity index (χ2v) is 9.77. The van der Waals surface area contributed by atoms with Crippen LogP contribution in [0.2, 0.25) is 0 Å². The monoisotopic (exact) mass is 530 g/mol. The van der Waals surface area contributed by atoms with Crippen molar-refractivity contribution in [2.24, 2.45) is 0 Å². The number of benzene rings is 4. The third kappa shape index (κ3) is 6.46. The number of fused-ring (bicyclic) bond motifs is 1. The largest absolute Gasteiger partial charge is 0.356 e. The van der Waals surface area contributed by atoms with Crippen LogP contribution >= 0.6 is 0 Å². The lowest BCUT2D eigenvalue weighted by Gasteiger charge is -2.22. The van der Waals surface area contributed by atoms with Gasteiger partial charge in [0, 0.05) is 25.2 Å². The van der Waals surface area contributed by atoms with E-state index in [1.54, 1.807) is 4.90 Å². The molecule has 5 rings (SSSR count). The molecule has 0 bridgehead atoms. The number of imidazole rings is 1. The Balaban J connectivity index is 1.18. The maximum absolute atomic E-state index is 13.4. The van der Waals surface area contributed by atoms with Crippen LogP contribution < -0.4 is 10.2 Å². The lowest BCUT2D eigenvalue weighted by Crippen LogP contribution is -2.34. The second kappa shape index (κ2) is 12.9. The lowest BCUT2D eigenvalue weighted by molar-refractivity contribution is -0.120. The number of aryl methyl sites for hydroxylation is 1. The minimum absolute atomic E-state index is 0.00223. The molecule has 0 aliphatic heterocycles. The number of rotatable bonds is 11. The number of carbonyl (C=O) groups is 2. The second-order valence-electron chi connectivity index (χ2n) is 9.77. The minimum Gasteiger partial charge on any atom is -0.356 e. The van der Waals surface area contributed by atoms with E-state index in [1.807, 2.05) is 96.4 Å². The van der Waals surface area contributed by atoms with Gasteiger partial charge in [0.2, 0.25) is 11.8 Å². The highest BCUT2D eigenvalue weighted by atomic mass is 16.2. The molecule has 40 heavy (non-hydrogen) atoms. The fraction of sp³-hybridized carbons (Fsp3) is 0.206. The number of hydrogen-bond donors (Lipinski definition) is 1. The Hall–Kier alpha value is -4.71. The summed E-state index contributed by atoms with van der Waals surface area (Å²) in [6.07, 6.45) is 1.73. The molecule has 4 aromatic carbocycles. The van der Waals surface area contributed by atoms with E-state index >= 15 is 0 Å². The number of para-hydroxylation sites is 3. The first-order valence-corrected chi connectivity index (χ1v) is 13.8. The smallest absolute Gasteiger partial charge is 0.246 e. The Labute approximate surface area is 235 Å². The van der Waals surface area contributed by atoms with Gasteiger partial charge in [0.15, 0.2) is 0 Å². The average molecular weight is 531 g/mol. The van der Waals surface area contributed by atoms with E-state index in [0.29, 0.717) is 25.9 Å². The van der Waals surface area contributed by atoms with Crippen LogP contribution in [0.5, 0.6) is 0 Å². The summed E-state index contributed by atoms with van der Waals surface area (Å²) in [4.78, 5) is 32.6. The van der Waals surface area contributed by atoms with Crippen LogP contribution in [0.4, 0.5) is 5.69 Å². The van der Waals surface area contributed by atoms with Gasteiger partial charge < -0.3 is 14.8 Å². The predicted molar refractivity (Wildman–Crippen MR) is 161 cm³/mol. The molecule has 0 saturated heterocycles. The third-order valence-corrected chi connectivity index (χ3v) is 7.04. The van der Waals surface area contributed by atoms with Crippen LogP contribution in [0.1, 0.15) is 24.7 Å². The van der Waals surface area contributed by atoms with Crippen molar-refractivity contribution in [3.05, 3.63) is 121 Å². The average Bonchev–Trinajstić information content (AvgIpc) is 3.34. The first-order chi connectivity index (χ1) is 19.6. The van der Waals surface area contributed by atoms with Gasteiger partial charge in [-0.1, -0.05) is 84.9 Å². The fourth-order valence-corrected chi connectivity index (χ4v) is 4.99. The summed E-state index contributed by atoms with van der Waals surface area (Å²) in [6.45, 7) is 3.33. The Morgan fingerprint density at radius 1 is 0.800 bits per heavy atom.